The number of aryl methyl sites for hydroxylation is 1. The zero-order chi connectivity index (χ0) is 12.1. The van der Waals surface area contributed by atoms with E-state index in [1.54, 1.807) is 0 Å². The van der Waals surface area contributed by atoms with Gasteiger partial charge in [-0.3, -0.25) is 0 Å². The van der Waals surface area contributed by atoms with Crippen molar-refractivity contribution in [1.82, 2.24) is 5.32 Å². The largest absolute Gasteiger partial charge is 0.376 e. The van der Waals surface area contributed by atoms with Gasteiger partial charge < -0.3 is 14.8 Å². The van der Waals surface area contributed by atoms with Crippen LogP contribution in [0.5, 0.6) is 0 Å². The number of halogens is 1. The van der Waals surface area contributed by atoms with Crippen LogP contribution in [-0.4, -0.2) is 32.5 Å². The first-order valence-electron chi connectivity index (χ1n) is 5.91. The molecule has 1 aliphatic heterocycles. The lowest BCUT2D eigenvalue weighted by Crippen LogP contribution is -2.37. The summed E-state index contributed by atoms with van der Waals surface area (Å²) in [5.74, 6) is 0. The second kappa shape index (κ2) is 6.50. The van der Waals surface area contributed by atoms with Crippen molar-refractivity contribution < 1.29 is 9.47 Å². The van der Waals surface area contributed by atoms with Crippen molar-refractivity contribution in [3.8, 4) is 0 Å². The third-order valence-corrected chi connectivity index (χ3v) is 3.52. The number of hydrogen-bond donors (Lipinski definition) is 1. The van der Waals surface area contributed by atoms with Crippen molar-refractivity contribution in [2.24, 2.45) is 0 Å². The monoisotopic (exact) mass is 299 g/mol. The van der Waals surface area contributed by atoms with Gasteiger partial charge in [0.05, 0.1) is 25.9 Å². The van der Waals surface area contributed by atoms with Gasteiger partial charge in [-0.05, 0) is 24.1 Å². The van der Waals surface area contributed by atoms with Crippen LogP contribution in [0, 0.1) is 6.92 Å². The van der Waals surface area contributed by atoms with Crippen LogP contribution >= 0.6 is 15.9 Å². The highest BCUT2D eigenvalue weighted by molar-refractivity contribution is 9.10. The molecule has 1 aromatic carbocycles. The molecule has 94 valence electrons. The fraction of sp³-hybridized carbons (Fsp3) is 0.538. The fourth-order valence-electron chi connectivity index (χ4n) is 1.82. The Labute approximate surface area is 111 Å². The van der Waals surface area contributed by atoms with Crippen LogP contribution in [0.15, 0.2) is 22.7 Å². The minimum absolute atomic E-state index is 0.188. The van der Waals surface area contributed by atoms with E-state index in [0.717, 1.165) is 24.2 Å². The molecule has 1 heterocycles. The van der Waals surface area contributed by atoms with Crippen LogP contribution in [-0.2, 0) is 16.0 Å². The van der Waals surface area contributed by atoms with Crippen LogP contribution in [0.2, 0.25) is 0 Å². The molecule has 1 fully saturated rings. The highest BCUT2D eigenvalue weighted by atomic mass is 79.9. The van der Waals surface area contributed by atoms with E-state index in [0.29, 0.717) is 13.2 Å². The number of nitrogens with one attached hydrogen (secondary N) is 1. The molecular formula is C13H18BrNO2. The summed E-state index contributed by atoms with van der Waals surface area (Å²) in [6.45, 7) is 5.90. The van der Waals surface area contributed by atoms with Crippen LogP contribution < -0.4 is 5.32 Å². The van der Waals surface area contributed by atoms with Crippen molar-refractivity contribution in [3.05, 3.63) is 33.8 Å². The molecular weight excluding hydrogens is 282 g/mol. The van der Waals surface area contributed by atoms with E-state index in [-0.39, 0.29) is 6.10 Å². The van der Waals surface area contributed by atoms with E-state index in [1.807, 2.05) is 0 Å². The zero-order valence-electron chi connectivity index (χ0n) is 10.0. The predicted octanol–water partition coefficient (Wildman–Crippen LogP) is 2.26. The summed E-state index contributed by atoms with van der Waals surface area (Å²) < 4.78 is 12.1. The highest BCUT2D eigenvalue weighted by Crippen LogP contribution is 2.18. The van der Waals surface area contributed by atoms with E-state index in [2.05, 4.69) is 46.4 Å². The van der Waals surface area contributed by atoms with Gasteiger partial charge >= 0.3 is 0 Å². The van der Waals surface area contributed by atoms with Gasteiger partial charge in [-0.15, -0.1) is 0 Å². The number of ether oxygens (including phenoxy) is 2. The Morgan fingerprint density at radius 1 is 1.41 bits per heavy atom. The van der Waals surface area contributed by atoms with Gasteiger partial charge in [0.25, 0.3) is 0 Å². The molecule has 0 spiro atoms. The molecule has 1 atom stereocenters. The van der Waals surface area contributed by atoms with E-state index < -0.39 is 0 Å². The van der Waals surface area contributed by atoms with Crippen LogP contribution in [0.4, 0.5) is 0 Å². The summed E-state index contributed by atoms with van der Waals surface area (Å²) in [4.78, 5) is 0. The molecule has 1 unspecified atom stereocenters. The standard InChI is InChI=1S/C13H18BrNO2/c1-10-2-3-11(13(14)6-10)7-15-8-12-9-16-4-5-17-12/h2-3,6,12,15H,4-5,7-9H2,1H3. The van der Waals surface area contributed by atoms with E-state index in [1.165, 1.54) is 11.1 Å². The maximum absolute atomic E-state index is 5.57. The summed E-state index contributed by atoms with van der Waals surface area (Å²) in [5.41, 5.74) is 2.54. The Bertz CT molecular complexity index is 364. The van der Waals surface area contributed by atoms with Gasteiger partial charge in [0.2, 0.25) is 0 Å². The Balaban J connectivity index is 1.77. The summed E-state index contributed by atoms with van der Waals surface area (Å²) in [6.07, 6.45) is 0.188. The van der Waals surface area contributed by atoms with Gasteiger partial charge in [0.1, 0.15) is 0 Å². The molecule has 0 aliphatic carbocycles. The van der Waals surface area contributed by atoms with Crippen molar-refractivity contribution in [2.75, 3.05) is 26.4 Å². The third-order valence-electron chi connectivity index (χ3n) is 2.78. The maximum atomic E-state index is 5.57. The number of hydrogen-bond acceptors (Lipinski definition) is 3. The lowest BCUT2D eigenvalue weighted by Gasteiger charge is -2.23. The SMILES string of the molecule is Cc1ccc(CNCC2COCCO2)c(Br)c1. The Hall–Kier alpha value is -0.420. The van der Waals surface area contributed by atoms with Crippen LogP contribution in [0.3, 0.4) is 0 Å². The molecule has 0 amide bonds. The molecule has 3 nitrogen and oxygen atoms in total. The molecule has 1 N–H and O–H groups in total. The summed E-state index contributed by atoms with van der Waals surface area (Å²) in [5, 5.41) is 3.40. The van der Waals surface area contributed by atoms with Crippen molar-refractivity contribution in [1.29, 1.82) is 0 Å². The fourth-order valence-corrected chi connectivity index (χ4v) is 2.45. The van der Waals surface area contributed by atoms with Gasteiger partial charge in [0.15, 0.2) is 0 Å². The van der Waals surface area contributed by atoms with Crippen LogP contribution in [0.25, 0.3) is 0 Å². The average Bonchev–Trinajstić information content (AvgIpc) is 2.33. The molecule has 0 bridgehead atoms. The maximum Gasteiger partial charge on any atom is 0.0933 e. The normalized spacial score (nSPS) is 20.5. The summed E-state index contributed by atoms with van der Waals surface area (Å²) in [7, 11) is 0. The van der Waals surface area contributed by atoms with Crippen molar-refractivity contribution in [3.63, 3.8) is 0 Å². The van der Waals surface area contributed by atoms with E-state index in [4.69, 9.17) is 9.47 Å². The zero-order valence-corrected chi connectivity index (χ0v) is 11.6. The molecule has 1 aromatic rings. The number of benzene rings is 1. The molecule has 17 heavy (non-hydrogen) atoms. The minimum Gasteiger partial charge on any atom is -0.376 e. The van der Waals surface area contributed by atoms with Crippen molar-refractivity contribution >= 4 is 15.9 Å². The molecule has 0 radical (unpaired) electrons. The second-order valence-corrected chi connectivity index (χ2v) is 5.15. The van der Waals surface area contributed by atoms with Gasteiger partial charge in [-0.1, -0.05) is 28.1 Å². The number of rotatable bonds is 4. The molecule has 0 aromatic heterocycles. The van der Waals surface area contributed by atoms with Gasteiger partial charge in [-0.25, -0.2) is 0 Å². The molecule has 2 rings (SSSR count). The third kappa shape index (κ3) is 4.07. The Morgan fingerprint density at radius 2 is 2.29 bits per heavy atom. The quantitative estimate of drug-likeness (QED) is 0.925. The topological polar surface area (TPSA) is 30.5 Å². The highest BCUT2D eigenvalue weighted by Gasteiger charge is 2.13. The lowest BCUT2D eigenvalue weighted by atomic mass is 10.1. The summed E-state index contributed by atoms with van der Waals surface area (Å²) in [6, 6.07) is 6.41. The van der Waals surface area contributed by atoms with Gasteiger partial charge in [0, 0.05) is 17.6 Å². The smallest absolute Gasteiger partial charge is 0.0933 e. The first-order chi connectivity index (χ1) is 8.25. The molecule has 0 saturated carbocycles. The van der Waals surface area contributed by atoms with E-state index in [9.17, 15) is 0 Å². The van der Waals surface area contributed by atoms with Crippen LogP contribution in [0.1, 0.15) is 11.1 Å². The summed E-state index contributed by atoms with van der Waals surface area (Å²) >= 11 is 3.58. The second-order valence-electron chi connectivity index (χ2n) is 4.29. The Kier molecular flexibility index (Phi) is 4.98. The molecule has 1 aliphatic rings. The van der Waals surface area contributed by atoms with Gasteiger partial charge in [-0.2, -0.15) is 0 Å². The first kappa shape index (κ1) is 13.0. The first-order valence-corrected chi connectivity index (χ1v) is 6.70. The lowest BCUT2D eigenvalue weighted by molar-refractivity contribution is -0.0864. The minimum atomic E-state index is 0.188. The Morgan fingerprint density at radius 3 is 3.00 bits per heavy atom. The predicted molar refractivity (Wildman–Crippen MR) is 71.1 cm³/mol. The van der Waals surface area contributed by atoms with E-state index >= 15 is 0 Å². The molecule has 1 saturated heterocycles. The molecule has 4 heteroatoms. The van der Waals surface area contributed by atoms with Crippen molar-refractivity contribution in [2.45, 2.75) is 19.6 Å². The average molecular weight is 300 g/mol.